The van der Waals surface area contributed by atoms with Gasteiger partial charge in [-0.3, -0.25) is 0 Å². The highest BCUT2D eigenvalue weighted by Gasteiger charge is 2.16. The molecule has 0 aliphatic heterocycles. The van der Waals surface area contributed by atoms with Crippen molar-refractivity contribution in [2.75, 3.05) is 24.3 Å². The molecular weight excluding hydrogens is 301 g/mol. The van der Waals surface area contributed by atoms with E-state index in [-0.39, 0.29) is 12.4 Å². The summed E-state index contributed by atoms with van der Waals surface area (Å²) in [6, 6.07) is 6.12. The van der Waals surface area contributed by atoms with Gasteiger partial charge in [0, 0.05) is 12.3 Å². The van der Waals surface area contributed by atoms with Crippen molar-refractivity contribution in [2.45, 2.75) is 12.1 Å². The van der Waals surface area contributed by atoms with Crippen molar-refractivity contribution >= 4 is 23.3 Å². The Balaban J connectivity index is 2.50. The predicted molar refractivity (Wildman–Crippen MR) is 87.2 cm³/mol. The average molecular weight is 317 g/mol. The van der Waals surface area contributed by atoms with Gasteiger partial charge >= 0.3 is 0 Å². The number of terminal acetylenes is 1. The molecular formula is C16H16FN3OS. The summed E-state index contributed by atoms with van der Waals surface area (Å²) in [7, 11) is 0. The maximum absolute atomic E-state index is 13.5. The molecule has 6 heteroatoms. The molecule has 0 spiro atoms. The first-order valence-corrected chi connectivity index (χ1v) is 7.92. The highest BCUT2D eigenvalue weighted by Crippen LogP contribution is 2.33. The quantitative estimate of drug-likeness (QED) is 0.463. The molecule has 0 saturated carbocycles. The molecule has 0 fully saturated rings. The third-order valence-corrected chi connectivity index (χ3v) is 3.40. The lowest BCUT2D eigenvalue weighted by Crippen LogP contribution is -2.20. The van der Waals surface area contributed by atoms with Crippen molar-refractivity contribution < 1.29 is 9.13 Å². The Morgan fingerprint density at radius 1 is 1.41 bits per heavy atom. The first-order chi connectivity index (χ1) is 10.7. The minimum absolute atomic E-state index is 0.288. The smallest absolute Gasteiger partial charge is 0.189 e. The van der Waals surface area contributed by atoms with Gasteiger partial charge in [0.1, 0.15) is 17.4 Å². The number of ether oxygens (including phenoxy) is 1. The Kier molecular flexibility index (Phi) is 5.61. The zero-order chi connectivity index (χ0) is 15.9. The van der Waals surface area contributed by atoms with Crippen LogP contribution in [0, 0.1) is 18.2 Å². The van der Waals surface area contributed by atoms with Gasteiger partial charge in [-0.25, -0.2) is 14.4 Å². The lowest BCUT2D eigenvalue weighted by Gasteiger charge is -2.24. The van der Waals surface area contributed by atoms with Crippen LogP contribution in [-0.4, -0.2) is 29.4 Å². The molecule has 0 N–H and O–H groups in total. The monoisotopic (exact) mass is 317 g/mol. The maximum atomic E-state index is 13.5. The molecule has 114 valence electrons. The minimum atomic E-state index is -0.361. The first-order valence-electron chi connectivity index (χ1n) is 6.70. The summed E-state index contributed by atoms with van der Waals surface area (Å²) in [5, 5.41) is 0.639. The lowest BCUT2D eigenvalue weighted by molar-refractivity contribution is 0.339. The summed E-state index contributed by atoms with van der Waals surface area (Å²) >= 11 is 1.44. The number of hydrogen-bond acceptors (Lipinski definition) is 5. The van der Waals surface area contributed by atoms with Gasteiger partial charge in [-0.15, -0.1) is 6.42 Å². The summed E-state index contributed by atoms with van der Waals surface area (Å²) in [4.78, 5) is 10.4. The zero-order valence-electron chi connectivity index (χ0n) is 12.4. The Morgan fingerprint density at radius 2 is 2.23 bits per heavy atom. The Bertz CT molecular complexity index is 687. The third kappa shape index (κ3) is 3.68. The molecule has 0 aliphatic carbocycles. The number of benzene rings is 1. The second-order valence-electron chi connectivity index (χ2n) is 4.24. The van der Waals surface area contributed by atoms with Crippen molar-refractivity contribution in [1.29, 1.82) is 0 Å². The first kappa shape index (κ1) is 16.1. The fourth-order valence-corrected chi connectivity index (χ4v) is 2.29. The SMILES string of the molecule is C#CCN(c1ccnc(SC)n1)c1ccc(F)cc1OCC. The summed E-state index contributed by atoms with van der Waals surface area (Å²) in [6.45, 7) is 2.56. The molecule has 0 bridgehead atoms. The average Bonchev–Trinajstić information content (AvgIpc) is 2.54. The van der Waals surface area contributed by atoms with Crippen LogP contribution >= 0.6 is 11.8 Å². The second-order valence-corrected chi connectivity index (χ2v) is 5.01. The van der Waals surface area contributed by atoms with Crippen LogP contribution in [-0.2, 0) is 0 Å². The van der Waals surface area contributed by atoms with E-state index >= 15 is 0 Å². The molecule has 0 saturated heterocycles. The zero-order valence-corrected chi connectivity index (χ0v) is 13.2. The van der Waals surface area contributed by atoms with E-state index < -0.39 is 0 Å². The number of hydrogen-bond donors (Lipinski definition) is 0. The van der Waals surface area contributed by atoms with E-state index in [0.717, 1.165) is 0 Å². The minimum Gasteiger partial charge on any atom is -0.492 e. The number of anilines is 2. The summed E-state index contributed by atoms with van der Waals surface area (Å²) < 4.78 is 19.0. The highest BCUT2D eigenvalue weighted by atomic mass is 32.2. The number of rotatable bonds is 6. The molecule has 4 nitrogen and oxygen atoms in total. The van der Waals surface area contributed by atoms with E-state index in [9.17, 15) is 4.39 Å². The normalized spacial score (nSPS) is 10.1. The number of nitrogens with zero attached hydrogens (tertiary/aromatic N) is 3. The van der Waals surface area contributed by atoms with Crippen LogP contribution < -0.4 is 9.64 Å². The van der Waals surface area contributed by atoms with E-state index in [2.05, 4.69) is 15.9 Å². The number of aromatic nitrogens is 2. The molecule has 0 amide bonds. The van der Waals surface area contributed by atoms with Crippen molar-refractivity contribution in [2.24, 2.45) is 0 Å². The van der Waals surface area contributed by atoms with Gasteiger partial charge < -0.3 is 9.64 Å². The van der Waals surface area contributed by atoms with Crippen LogP contribution in [0.25, 0.3) is 0 Å². The van der Waals surface area contributed by atoms with Crippen LogP contribution in [0.15, 0.2) is 35.6 Å². The topological polar surface area (TPSA) is 38.2 Å². The molecule has 1 aromatic heterocycles. The van der Waals surface area contributed by atoms with Crippen LogP contribution in [0.4, 0.5) is 15.9 Å². The molecule has 0 radical (unpaired) electrons. The maximum Gasteiger partial charge on any atom is 0.189 e. The van der Waals surface area contributed by atoms with Crippen molar-refractivity contribution in [3.63, 3.8) is 0 Å². The van der Waals surface area contributed by atoms with Crippen LogP contribution in [0.3, 0.4) is 0 Å². The van der Waals surface area contributed by atoms with Crippen molar-refractivity contribution in [3.8, 4) is 18.1 Å². The largest absolute Gasteiger partial charge is 0.492 e. The van der Waals surface area contributed by atoms with Crippen LogP contribution in [0.2, 0.25) is 0 Å². The summed E-state index contributed by atoms with van der Waals surface area (Å²) in [6.07, 6.45) is 9.04. The second kappa shape index (κ2) is 7.66. The standard InChI is InChI=1S/C16H16FN3OS/c1-4-10-20(15-8-9-18-16(19-15)22-3)13-7-6-12(17)11-14(13)21-5-2/h1,6-9,11H,5,10H2,2-3H3. The van der Waals surface area contributed by atoms with Crippen LogP contribution in [0.1, 0.15) is 6.92 Å². The molecule has 22 heavy (non-hydrogen) atoms. The van der Waals surface area contributed by atoms with Gasteiger partial charge in [0.05, 0.1) is 18.8 Å². The van der Waals surface area contributed by atoms with E-state index in [0.29, 0.717) is 29.0 Å². The van der Waals surface area contributed by atoms with E-state index in [1.807, 2.05) is 13.2 Å². The third-order valence-electron chi connectivity index (χ3n) is 2.84. The fraction of sp³-hybridized carbons (Fsp3) is 0.250. The summed E-state index contributed by atoms with van der Waals surface area (Å²) in [5.41, 5.74) is 0.673. The van der Waals surface area contributed by atoms with Crippen molar-refractivity contribution in [3.05, 3.63) is 36.3 Å². The van der Waals surface area contributed by atoms with Gasteiger partial charge in [0.15, 0.2) is 5.16 Å². The van der Waals surface area contributed by atoms with E-state index in [1.54, 1.807) is 23.2 Å². The Hall–Kier alpha value is -2.26. The predicted octanol–water partition coefficient (Wildman–Crippen LogP) is 3.51. The molecule has 0 unspecified atom stereocenters. The van der Waals surface area contributed by atoms with E-state index in [4.69, 9.17) is 11.2 Å². The Morgan fingerprint density at radius 3 is 2.91 bits per heavy atom. The molecule has 0 atom stereocenters. The number of thioether (sulfide) groups is 1. The fourth-order valence-electron chi connectivity index (χ4n) is 1.94. The lowest BCUT2D eigenvalue weighted by atomic mass is 10.2. The molecule has 2 aromatic rings. The molecule has 1 heterocycles. The van der Waals surface area contributed by atoms with Crippen LogP contribution in [0.5, 0.6) is 5.75 Å². The molecule has 1 aromatic carbocycles. The number of halogens is 1. The van der Waals surface area contributed by atoms with Gasteiger partial charge in [-0.1, -0.05) is 17.7 Å². The Labute approximate surface area is 133 Å². The van der Waals surface area contributed by atoms with E-state index in [1.165, 1.54) is 23.9 Å². The molecule has 0 aliphatic rings. The van der Waals surface area contributed by atoms with Crippen molar-refractivity contribution in [1.82, 2.24) is 9.97 Å². The summed E-state index contributed by atoms with van der Waals surface area (Å²) in [5.74, 6) is 3.31. The van der Waals surface area contributed by atoms with Gasteiger partial charge in [0.25, 0.3) is 0 Å². The highest BCUT2D eigenvalue weighted by molar-refractivity contribution is 7.98. The van der Waals surface area contributed by atoms with Gasteiger partial charge in [-0.2, -0.15) is 0 Å². The van der Waals surface area contributed by atoms with Gasteiger partial charge in [-0.05, 0) is 31.4 Å². The van der Waals surface area contributed by atoms with Gasteiger partial charge in [0.2, 0.25) is 0 Å². The molecule has 2 rings (SSSR count).